The maximum absolute atomic E-state index is 13.8. The lowest BCUT2D eigenvalue weighted by molar-refractivity contribution is -0.143. The Kier molecular flexibility index (Phi) is 8.26. The van der Waals surface area contributed by atoms with Crippen molar-refractivity contribution in [3.63, 3.8) is 0 Å². The largest absolute Gasteiger partial charge is 0.469 e. The predicted molar refractivity (Wildman–Crippen MR) is 129 cm³/mol. The van der Waals surface area contributed by atoms with Crippen LogP contribution in [0.25, 0.3) is 0 Å². The van der Waals surface area contributed by atoms with Crippen LogP contribution in [0.3, 0.4) is 0 Å². The maximum atomic E-state index is 13.8. The Morgan fingerprint density at radius 1 is 1.23 bits per heavy atom. The van der Waals surface area contributed by atoms with Gasteiger partial charge in [-0.1, -0.05) is 24.3 Å². The summed E-state index contributed by atoms with van der Waals surface area (Å²) in [6.07, 6.45) is 5.58. The highest BCUT2D eigenvalue weighted by Gasteiger charge is 2.38. The summed E-state index contributed by atoms with van der Waals surface area (Å²) in [7, 11) is 1.26. The van der Waals surface area contributed by atoms with Gasteiger partial charge in [0.15, 0.2) is 0 Å². The molecular formula is C27H35FN2O5. The molecule has 4 N–H and O–H groups in total. The smallest absolute Gasteiger partial charge is 0.308 e. The number of rotatable bonds is 10. The molecule has 1 unspecified atom stereocenters. The first-order valence-corrected chi connectivity index (χ1v) is 12.4. The number of benzene rings is 1. The number of aliphatic hydroxyl groups is 3. The molecule has 0 bridgehead atoms. The molecule has 1 saturated heterocycles. The first kappa shape index (κ1) is 25.4. The summed E-state index contributed by atoms with van der Waals surface area (Å²) >= 11 is 0. The minimum absolute atomic E-state index is 0.00594. The van der Waals surface area contributed by atoms with E-state index in [0.717, 1.165) is 67.0 Å². The summed E-state index contributed by atoms with van der Waals surface area (Å²) in [5.74, 6) is 0.143. The third kappa shape index (κ3) is 6.12. The highest BCUT2D eigenvalue weighted by molar-refractivity contribution is 5.69. The van der Waals surface area contributed by atoms with Crippen molar-refractivity contribution < 1.29 is 29.2 Å². The number of ether oxygens (including phenoxy) is 1. The number of aliphatic hydroxyl groups excluding tert-OH is 3. The molecule has 0 aromatic heterocycles. The molecule has 0 amide bonds. The first-order valence-electron chi connectivity index (χ1n) is 12.4. The van der Waals surface area contributed by atoms with Gasteiger partial charge in [-0.25, -0.2) is 4.39 Å². The fourth-order valence-electron chi connectivity index (χ4n) is 5.01. The molecule has 1 saturated carbocycles. The molecule has 0 radical (unpaired) electrons. The number of allylic oxidation sites excluding steroid dienone is 3. The normalized spacial score (nSPS) is 22.5. The van der Waals surface area contributed by atoms with Crippen molar-refractivity contribution in [2.75, 3.05) is 26.8 Å². The third-order valence-corrected chi connectivity index (χ3v) is 6.95. The summed E-state index contributed by atoms with van der Waals surface area (Å²) in [5.41, 5.74) is 3.68. The van der Waals surface area contributed by atoms with Gasteiger partial charge in [0.2, 0.25) is 0 Å². The molecule has 1 aliphatic carbocycles. The molecular weight excluding hydrogens is 451 g/mol. The fraction of sp³-hybridized carbons (Fsp3) is 0.519. The third-order valence-electron chi connectivity index (χ3n) is 6.95. The van der Waals surface area contributed by atoms with Crippen LogP contribution in [0.4, 0.5) is 4.39 Å². The quantitative estimate of drug-likeness (QED) is 0.377. The van der Waals surface area contributed by atoms with Crippen molar-refractivity contribution in [2.24, 2.45) is 5.92 Å². The minimum atomic E-state index is -1.02. The van der Waals surface area contributed by atoms with E-state index in [1.165, 1.54) is 19.2 Å². The Bertz CT molecular complexity index is 993. The SMILES string of the molecule is COC(=O)C[C@H](O)C[C@H](O)/C=C/C1=C(C2CC2)NC(N2CCCC2)=C(CO)C1c1ccc(F)cc1. The van der Waals surface area contributed by atoms with E-state index in [0.29, 0.717) is 5.92 Å². The molecule has 2 aliphatic heterocycles. The van der Waals surface area contributed by atoms with Gasteiger partial charge in [-0.3, -0.25) is 4.79 Å². The van der Waals surface area contributed by atoms with Gasteiger partial charge in [0, 0.05) is 36.7 Å². The predicted octanol–water partition coefficient (Wildman–Crippen LogP) is 2.71. The van der Waals surface area contributed by atoms with Crippen molar-refractivity contribution in [1.29, 1.82) is 0 Å². The van der Waals surface area contributed by atoms with Crippen LogP contribution in [0.1, 0.15) is 50.0 Å². The standard InChI is InChI=1S/C27H35FN2O5/c1-35-24(34)15-21(33)14-20(32)10-11-22-25(17-6-8-19(28)9-7-17)23(16-31)27(30-12-2-3-13-30)29-26(22)18-4-5-18/h6-11,18,20-21,25,29,31-33H,2-5,12-16H2,1H3/b11-10+/t20-,21-,25?/m1/s1. The number of hydrogen-bond acceptors (Lipinski definition) is 7. The molecule has 3 atom stereocenters. The molecule has 1 aromatic carbocycles. The molecule has 35 heavy (non-hydrogen) atoms. The van der Waals surface area contributed by atoms with Crippen molar-refractivity contribution in [2.45, 2.75) is 56.7 Å². The lowest BCUT2D eigenvalue weighted by Gasteiger charge is -2.37. The second kappa shape index (κ2) is 11.4. The van der Waals surface area contributed by atoms with Crippen LogP contribution in [-0.4, -0.2) is 65.2 Å². The first-order chi connectivity index (χ1) is 16.9. The Hall–Kier alpha value is -2.68. The molecule has 8 heteroatoms. The van der Waals surface area contributed by atoms with Gasteiger partial charge < -0.3 is 30.3 Å². The van der Waals surface area contributed by atoms with Crippen LogP contribution in [-0.2, 0) is 9.53 Å². The summed E-state index contributed by atoms with van der Waals surface area (Å²) in [6.45, 7) is 1.68. The molecule has 3 aliphatic rings. The van der Waals surface area contributed by atoms with Crippen molar-refractivity contribution in [3.05, 3.63) is 70.5 Å². The highest BCUT2D eigenvalue weighted by atomic mass is 19.1. The van der Waals surface area contributed by atoms with Crippen LogP contribution in [0.2, 0.25) is 0 Å². The summed E-state index contributed by atoms with van der Waals surface area (Å²) < 4.78 is 18.3. The van der Waals surface area contributed by atoms with Crippen molar-refractivity contribution >= 4 is 5.97 Å². The average molecular weight is 487 g/mol. The number of methoxy groups -OCH3 is 1. The topological polar surface area (TPSA) is 102 Å². The average Bonchev–Trinajstić information content (AvgIpc) is 3.55. The number of carbonyl (C=O) groups is 1. The van der Waals surface area contributed by atoms with Crippen molar-refractivity contribution in [3.8, 4) is 0 Å². The van der Waals surface area contributed by atoms with Crippen molar-refractivity contribution in [1.82, 2.24) is 10.2 Å². The summed E-state index contributed by atoms with van der Waals surface area (Å²) in [5, 5.41) is 34.8. The highest BCUT2D eigenvalue weighted by Crippen LogP contribution is 2.46. The van der Waals surface area contributed by atoms with E-state index in [9.17, 15) is 24.5 Å². The fourth-order valence-corrected chi connectivity index (χ4v) is 5.01. The molecule has 2 fully saturated rings. The zero-order chi connectivity index (χ0) is 24.9. The van der Waals surface area contributed by atoms with Crippen LogP contribution in [0.15, 0.2) is 59.1 Å². The molecule has 2 heterocycles. The molecule has 0 spiro atoms. The molecule has 4 rings (SSSR count). The Morgan fingerprint density at radius 2 is 1.91 bits per heavy atom. The molecule has 190 valence electrons. The zero-order valence-corrected chi connectivity index (χ0v) is 20.1. The van der Waals surface area contributed by atoms with Crippen LogP contribution in [0.5, 0.6) is 0 Å². The molecule has 1 aromatic rings. The second-order valence-corrected chi connectivity index (χ2v) is 9.58. The van der Waals surface area contributed by atoms with Crippen LogP contribution in [0, 0.1) is 11.7 Å². The van der Waals surface area contributed by atoms with E-state index in [-0.39, 0.29) is 31.2 Å². The maximum Gasteiger partial charge on any atom is 0.308 e. The number of hydrogen-bond donors (Lipinski definition) is 4. The van der Waals surface area contributed by atoms with E-state index in [1.807, 2.05) is 6.08 Å². The number of dihydropyridines is 1. The van der Waals surface area contributed by atoms with E-state index < -0.39 is 18.2 Å². The number of nitrogens with zero attached hydrogens (tertiary/aromatic N) is 1. The Morgan fingerprint density at radius 3 is 2.51 bits per heavy atom. The van der Waals surface area contributed by atoms with Crippen LogP contribution < -0.4 is 5.32 Å². The van der Waals surface area contributed by atoms with Gasteiger partial charge in [0.1, 0.15) is 11.6 Å². The Labute approximate surface area is 205 Å². The number of likely N-dealkylation sites (tertiary alicyclic amines) is 1. The minimum Gasteiger partial charge on any atom is -0.469 e. The Balaban J connectivity index is 1.68. The number of carbonyl (C=O) groups excluding carboxylic acids is 1. The lowest BCUT2D eigenvalue weighted by atomic mass is 9.80. The van der Waals surface area contributed by atoms with E-state index in [1.54, 1.807) is 18.2 Å². The monoisotopic (exact) mass is 486 g/mol. The number of esters is 1. The van der Waals surface area contributed by atoms with Gasteiger partial charge >= 0.3 is 5.97 Å². The van der Waals surface area contributed by atoms with Gasteiger partial charge in [-0.2, -0.15) is 0 Å². The lowest BCUT2D eigenvalue weighted by Crippen LogP contribution is -2.37. The summed E-state index contributed by atoms with van der Waals surface area (Å²) in [6, 6.07) is 6.35. The molecule has 7 nitrogen and oxygen atoms in total. The van der Waals surface area contributed by atoms with Crippen LogP contribution >= 0.6 is 0 Å². The number of nitrogens with one attached hydrogen (secondary N) is 1. The zero-order valence-electron chi connectivity index (χ0n) is 20.1. The van der Waals surface area contributed by atoms with Gasteiger partial charge in [-0.15, -0.1) is 0 Å². The second-order valence-electron chi connectivity index (χ2n) is 9.58. The van der Waals surface area contributed by atoms with E-state index in [4.69, 9.17) is 0 Å². The summed E-state index contributed by atoms with van der Waals surface area (Å²) in [4.78, 5) is 13.7. The number of halogens is 1. The van der Waals surface area contributed by atoms with E-state index in [2.05, 4.69) is 15.0 Å². The van der Waals surface area contributed by atoms with Gasteiger partial charge in [0.25, 0.3) is 0 Å². The van der Waals surface area contributed by atoms with Gasteiger partial charge in [-0.05, 0) is 54.9 Å². The van der Waals surface area contributed by atoms with Gasteiger partial charge in [0.05, 0.1) is 32.3 Å². The van der Waals surface area contributed by atoms with E-state index >= 15 is 0 Å².